The second kappa shape index (κ2) is 10.2. The van der Waals surface area contributed by atoms with Gasteiger partial charge in [0.2, 0.25) is 5.91 Å². The minimum absolute atomic E-state index is 0.0854. The molecule has 0 spiro atoms. The molecule has 0 fully saturated rings. The van der Waals surface area contributed by atoms with Gasteiger partial charge in [-0.3, -0.25) is 4.79 Å². The molecule has 1 aromatic heterocycles. The van der Waals surface area contributed by atoms with E-state index in [1.807, 2.05) is 54.3 Å². The summed E-state index contributed by atoms with van der Waals surface area (Å²) in [6.07, 6.45) is 0. The van der Waals surface area contributed by atoms with E-state index in [0.29, 0.717) is 13.1 Å². The first-order chi connectivity index (χ1) is 17.6. The quantitative estimate of drug-likeness (QED) is 0.255. The second-order valence-corrected chi connectivity index (χ2v) is 8.82. The summed E-state index contributed by atoms with van der Waals surface area (Å²) in [6, 6.07) is 30.7. The Morgan fingerprint density at radius 2 is 1.47 bits per heavy atom. The molecule has 0 atom stereocenters. The van der Waals surface area contributed by atoms with Crippen molar-refractivity contribution < 1.29 is 14.3 Å². The van der Waals surface area contributed by atoms with Gasteiger partial charge in [-0.05, 0) is 66.1 Å². The van der Waals surface area contributed by atoms with Crippen LogP contribution in [0.4, 0.5) is 0 Å². The number of hydrogen-bond acceptors (Lipinski definition) is 3. The van der Waals surface area contributed by atoms with E-state index >= 15 is 0 Å². The molecule has 182 valence electrons. The Labute approximate surface area is 211 Å². The van der Waals surface area contributed by atoms with E-state index in [0.717, 1.165) is 50.0 Å². The highest BCUT2D eigenvalue weighted by molar-refractivity contribution is 6.09. The van der Waals surface area contributed by atoms with Crippen LogP contribution in [0, 0.1) is 0 Å². The lowest BCUT2D eigenvalue weighted by Gasteiger charge is -2.22. The molecule has 0 aliphatic rings. The van der Waals surface area contributed by atoms with Crippen LogP contribution in [0.5, 0.6) is 11.5 Å². The molecular weight excluding hydrogens is 448 g/mol. The number of carbonyl (C=O) groups excluding carboxylic acids is 1. The zero-order valence-electron chi connectivity index (χ0n) is 20.9. The van der Waals surface area contributed by atoms with Gasteiger partial charge in [0.15, 0.2) is 0 Å². The van der Waals surface area contributed by atoms with Crippen molar-refractivity contribution in [1.29, 1.82) is 0 Å². The molecule has 0 saturated heterocycles. The van der Waals surface area contributed by atoms with E-state index in [9.17, 15) is 4.79 Å². The van der Waals surface area contributed by atoms with Crippen molar-refractivity contribution in [3.8, 4) is 22.6 Å². The average Bonchev–Trinajstić information content (AvgIpc) is 3.24. The van der Waals surface area contributed by atoms with Crippen LogP contribution in [-0.2, 0) is 17.9 Å². The smallest absolute Gasteiger partial charge is 0.242 e. The van der Waals surface area contributed by atoms with Gasteiger partial charge in [-0.15, -0.1) is 0 Å². The number of ether oxygens (including phenoxy) is 2. The number of methoxy groups -OCH3 is 2. The zero-order chi connectivity index (χ0) is 25.1. The largest absolute Gasteiger partial charge is 0.497 e. The highest BCUT2D eigenvalue weighted by Crippen LogP contribution is 2.33. The van der Waals surface area contributed by atoms with Crippen molar-refractivity contribution in [2.24, 2.45) is 0 Å². The van der Waals surface area contributed by atoms with Crippen LogP contribution in [0.25, 0.3) is 32.9 Å². The van der Waals surface area contributed by atoms with Gasteiger partial charge in [-0.2, -0.15) is 0 Å². The van der Waals surface area contributed by atoms with Gasteiger partial charge in [0.05, 0.1) is 14.2 Å². The van der Waals surface area contributed by atoms with Crippen LogP contribution in [-0.4, -0.2) is 36.1 Å². The average molecular weight is 479 g/mol. The number of likely N-dealkylation sites (N-methyl/N-ethyl adjacent to an activating group) is 1. The monoisotopic (exact) mass is 478 g/mol. The van der Waals surface area contributed by atoms with Crippen molar-refractivity contribution in [2.45, 2.75) is 20.0 Å². The number of amides is 1. The fraction of sp³-hybridized carbons (Fsp3) is 0.194. The molecule has 36 heavy (non-hydrogen) atoms. The third kappa shape index (κ3) is 4.52. The van der Waals surface area contributed by atoms with Crippen molar-refractivity contribution in [1.82, 2.24) is 9.47 Å². The van der Waals surface area contributed by atoms with Gasteiger partial charge in [-0.1, -0.05) is 48.5 Å². The van der Waals surface area contributed by atoms with Gasteiger partial charge in [0.25, 0.3) is 0 Å². The van der Waals surface area contributed by atoms with E-state index in [1.54, 1.807) is 14.2 Å². The molecular formula is C31H30N2O3. The van der Waals surface area contributed by atoms with E-state index in [4.69, 9.17) is 9.47 Å². The van der Waals surface area contributed by atoms with E-state index in [2.05, 4.69) is 53.1 Å². The maximum Gasteiger partial charge on any atom is 0.242 e. The van der Waals surface area contributed by atoms with E-state index < -0.39 is 0 Å². The maximum absolute atomic E-state index is 13.5. The lowest BCUT2D eigenvalue weighted by atomic mass is 10.0. The topological polar surface area (TPSA) is 43.7 Å². The Morgan fingerprint density at radius 3 is 2.22 bits per heavy atom. The minimum atomic E-state index is 0.0854. The molecule has 1 heterocycles. The fourth-order valence-electron chi connectivity index (χ4n) is 4.79. The summed E-state index contributed by atoms with van der Waals surface area (Å²) < 4.78 is 12.8. The van der Waals surface area contributed by atoms with E-state index in [-0.39, 0.29) is 12.5 Å². The van der Waals surface area contributed by atoms with Crippen molar-refractivity contribution in [3.05, 3.63) is 96.6 Å². The Morgan fingerprint density at radius 1 is 0.750 bits per heavy atom. The molecule has 0 aliphatic carbocycles. The highest BCUT2D eigenvalue weighted by Gasteiger charge is 2.18. The predicted octanol–water partition coefficient (Wildman–Crippen LogP) is 6.53. The number of para-hydroxylation sites is 1. The number of benzene rings is 4. The van der Waals surface area contributed by atoms with Gasteiger partial charge >= 0.3 is 0 Å². The molecule has 5 aromatic rings. The zero-order valence-corrected chi connectivity index (χ0v) is 20.9. The lowest BCUT2D eigenvalue weighted by molar-refractivity contribution is -0.132. The van der Waals surface area contributed by atoms with Gasteiger partial charge in [-0.25, -0.2) is 0 Å². The summed E-state index contributed by atoms with van der Waals surface area (Å²) in [5.41, 5.74) is 5.42. The molecule has 0 bridgehead atoms. The van der Waals surface area contributed by atoms with Crippen LogP contribution < -0.4 is 9.47 Å². The van der Waals surface area contributed by atoms with Crippen molar-refractivity contribution in [2.75, 3.05) is 20.8 Å². The number of aromatic nitrogens is 1. The van der Waals surface area contributed by atoms with Crippen LogP contribution in [0.1, 0.15) is 12.5 Å². The standard InChI is InChI=1S/C31H30N2O3/c1-4-32(20-22-8-7-9-26(18-22)36-3)31(34)21-33-29-11-6-5-10-27(29)28-19-24(14-17-30(28)33)23-12-15-25(35-2)16-13-23/h5-19H,4,20-21H2,1-3H3. The number of fused-ring (bicyclic) bond motifs is 3. The Bertz CT molecular complexity index is 1520. The molecule has 0 radical (unpaired) electrons. The number of carbonyl (C=O) groups is 1. The first-order valence-corrected chi connectivity index (χ1v) is 12.2. The van der Waals surface area contributed by atoms with Crippen LogP contribution >= 0.6 is 0 Å². The summed E-state index contributed by atoms with van der Waals surface area (Å²) in [7, 11) is 3.33. The second-order valence-electron chi connectivity index (χ2n) is 8.82. The summed E-state index contributed by atoms with van der Waals surface area (Å²) in [6.45, 7) is 3.48. The molecule has 0 unspecified atom stereocenters. The van der Waals surface area contributed by atoms with Crippen LogP contribution in [0.15, 0.2) is 91.0 Å². The molecule has 0 aliphatic heterocycles. The predicted molar refractivity (Wildman–Crippen MR) is 146 cm³/mol. The van der Waals surface area contributed by atoms with Gasteiger partial charge in [0.1, 0.15) is 18.0 Å². The minimum Gasteiger partial charge on any atom is -0.497 e. The lowest BCUT2D eigenvalue weighted by Crippen LogP contribution is -2.33. The Balaban J connectivity index is 1.49. The molecule has 0 N–H and O–H groups in total. The fourth-order valence-corrected chi connectivity index (χ4v) is 4.79. The summed E-state index contributed by atoms with van der Waals surface area (Å²) in [4.78, 5) is 15.4. The first kappa shape index (κ1) is 23.5. The molecule has 4 aromatic carbocycles. The highest BCUT2D eigenvalue weighted by atomic mass is 16.5. The third-order valence-corrected chi connectivity index (χ3v) is 6.73. The first-order valence-electron chi connectivity index (χ1n) is 12.2. The number of hydrogen-bond donors (Lipinski definition) is 0. The Hall–Kier alpha value is -4.25. The van der Waals surface area contributed by atoms with Crippen molar-refractivity contribution in [3.63, 3.8) is 0 Å². The van der Waals surface area contributed by atoms with Crippen LogP contribution in [0.3, 0.4) is 0 Å². The third-order valence-electron chi connectivity index (χ3n) is 6.73. The molecule has 5 heteroatoms. The normalized spacial score (nSPS) is 11.1. The summed E-state index contributed by atoms with van der Waals surface area (Å²) >= 11 is 0. The maximum atomic E-state index is 13.5. The summed E-state index contributed by atoms with van der Waals surface area (Å²) in [5, 5.41) is 2.29. The van der Waals surface area contributed by atoms with Gasteiger partial charge in [0, 0.05) is 34.9 Å². The van der Waals surface area contributed by atoms with Crippen molar-refractivity contribution >= 4 is 27.7 Å². The van der Waals surface area contributed by atoms with E-state index in [1.165, 1.54) is 0 Å². The summed E-state index contributed by atoms with van der Waals surface area (Å²) in [5.74, 6) is 1.72. The molecule has 0 saturated carbocycles. The molecule has 1 amide bonds. The molecule has 5 rings (SSSR count). The van der Waals surface area contributed by atoms with Crippen LogP contribution in [0.2, 0.25) is 0 Å². The molecule has 5 nitrogen and oxygen atoms in total. The number of nitrogens with zero attached hydrogens (tertiary/aromatic N) is 2. The Kier molecular flexibility index (Phi) is 6.63. The number of rotatable bonds is 8. The van der Waals surface area contributed by atoms with Gasteiger partial charge < -0.3 is 18.9 Å². The SMILES string of the molecule is CCN(Cc1cccc(OC)c1)C(=O)Cn1c2ccccc2c2cc(-c3ccc(OC)cc3)ccc21.